The molecule has 1 saturated carbocycles. The van der Waals surface area contributed by atoms with Gasteiger partial charge in [0, 0.05) is 30.9 Å². The monoisotopic (exact) mass is 357 g/mol. The molecule has 7 heteroatoms. The van der Waals surface area contributed by atoms with Gasteiger partial charge in [-0.15, -0.1) is 0 Å². The zero-order valence-electron chi connectivity index (χ0n) is 15.7. The number of nitrogens with zero attached hydrogens (tertiary/aromatic N) is 3. The third kappa shape index (κ3) is 2.53. The molecule has 1 aromatic heterocycles. The number of aromatic nitrogens is 2. The van der Waals surface area contributed by atoms with Crippen LogP contribution in [0.15, 0.2) is 15.7 Å². The van der Waals surface area contributed by atoms with Crippen molar-refractivity contribution < 1.29 is 0 Å². The van der Waals surface area contributed by atoms with Crippen molar-refractivity contribution in [2.45, 2.75) is 52.1 Å². The molecule has 1 aromatic carbocycles. The predicted octanol–water partition coefficient (Wildman–Crippen LogP) is 1.00. The largest absolute Gasteiger partial charge is 0.369 e. The van der Waals surface area contributed by atoms with E-state index in [1.807, 2.05) is 19.9 Å². The van der Waals surface area contributed by atoms with Crippen LogP contribution in [0.5, 0.6) is 0 Å². The highest BCUT2D eigenvalue weighted by atomic mass is 16.2. The maximum absolute atomic E-state index is 12.7. The third-order valence-electron chi connectivity index (χ3n) is 5.72. The van der Waals surface area contributed by atoms with Crippen molar-refractivity contribution in [3.05, 3.63) is 38.0 Å². The van der Waals surface area contributed by atoms with Crippen LogP contribution in [0.3, 0.4) is 0 Å². The van der Waals surface area contributed by atoms with Crippen LogP contribution in [0.4, 0.5) is 5.69 Å². The zero-order valence-corrected chi connectivity index (χ0v) is 15.7. The summed E-state index contributed by atoms with van der Waals surface area (Å²) in [6, 6.07) is 2.15. The van der Waals surface area contributed by atoms with Crippen molar-refractivity contribution in [3.63, 3.8) is 0 Å². The summed E-state index contributed by atoms with van der Waals surface area (Å²) in [5.41, 5.74) is 9.23. The van der Waals surface area contributed by atoms with E-state index in [0.29, 0.717) is 11.3 Å². The molecule has 7 nitrogen and oxygen atoms in total. The van der Waals surface area contributed by atoms with Gasteiger partial charge in [-0.25, -0.2) is 4.79 Å². The van der Waals surface area contributed by atoms with E-state index in [-0.39, 0.29) is 12.1 Å². The normalized spacial score (nSPS) is 23.6. The second kappa shape index (κ2) is 5.87. The molecule has 2 heterocycles. The molecule has 2 aliphatic rings. The first-order valence-electron chi connectivity index (χ1n) is 9.36. The molecular formula is C19H27N5O2. The summed E-state index contributed by atoms with van der Waals surface area (Å²) < 4.78 is 2.47. The van der Waals surface area contributed by atoms with Crippen LogP contribution in [0, 0.1) is 19.8 Å². The molecule has 0 unspecified atom stereocenters. The lowest BCUT2D eigenvalue weighted by Crippen LogP contribution is -2.47. The molecule has 4 N–H and O–H groups in total. The molecular weight excluding hydrogens is 330 g/mol. The van der Waals surface area contributed by atoms with E-state index >= 15 is 0 Å². The second-order valence-corrected chi connectivity index (χ2v) is 8.13. The third-order valence-corrected chi connectivity index (χ3v) is 5.72. The van der Waals surface area contributed by atoms with Gasteiger partial charge in [-0.05, 0) is 56.2 Å². The van der Waals surface area contributed by atoms with Gasteiger partial charge in [0.25, 0.3) is 5.56 Å². The number of piperidine rings is 1. The van der Waals surface area contributed by atoms with Crippen LogP contribution in [-0.4, -0.2) is 28.4 Å². The predicted molar refractivity (Wildman–Crippen MR) is 104 cm³/mol. The lowest BCUT2D eigenvalue weighted by molar-refractivity contribution is 0.401. The molecule has 26 heavy (non-hydrogen) atoms. The van der Waals surface area contributed by atoms with Crippen LogP contribution in [-0.2, 0) is 0 Å². The molecule has 1 aliphatic heterocycles. The van der Waals surface area contributed by atoms with Crippen LogP contribution in [0.1, 0.15) is 43.4 Å². The first-order chi connectivity index (χ1) is 12.3. The van der Waals surface area contributed by atoms with E-state index in [0.717, 1.165) is 59.4 Å². The Labute approximate surface area is 152 Å². The van der Waals surface area contributed by atoms with Crippen LogP contribution >= 0.6 is 0 Å². The molecule has 140 valence electrons. The summed E-state index contributed by atoms with van der Waals surface area (Å²) in [6.45, 7) is 7.96. The minimum atomic E-state index is -0.427. The number of nitrogens with two attached hydrogens (primary N) is 2. The standard InChI is InChI=1S/C19H27N5O2/c1-10-6-13(20)9-22(8-10)16-11(2)7-15-17(12(16)3)23(14-4-5-14)19(26)24(21)18(15)25/h7,10,13-14H,4-6,8-9,20-21H2,1-3H3/t10-,13-/m0/s1. The SMILES string of the molecule is Cc1cc2c(=O)n(N)c(=O)n(C3CC3)c2c(C)c1N1C[C@@H](C)C[C@H](N)C1. The Morgan fingerprint density at radius 3 is 2.46 bits per heavy atom. The molecule has 2 aromatic rings. The van der Waals surface area contributed by atoms with E-state index in [9.17, 15) is 9.59 Å². The highest BCUT2D eigenvalue weighted by Gasteiger charge is 2.31. The Kier molecular flexibility index (Phi) is 3.87. The fourth-order valence-corrected chi connectivity index (χ4v) is 4.61. The maximum Gasteiger partial charge on any atom is 0.350 e. The van der Waals surface area contributed by atoms with E-state index < -0.39 is 11.2 Å². The molecule has 0 radical (unpaired) electrons. The van der Waals surface area contributed by atoms with Crippen molar-refractivity contribution in [1.29, 1.82) is 0 Å². The van der Waals surface area contributed by atoms with Gasteiger partial charge >= 0.3 is 5.69 Å². The summed E-state index contributed by atoms with van der Waals surface area (Å²) >= 11 is 0. The Morgan fingerprint density at radius 1 is 1.15 bits per heavy atom. The Bertz CT molecular complexity index is 992. The van der Waals surface area contributed by atoms with E-state index in [1.54, 1.807) is 4.57 Å². The average Bonchev–Trinajstić information content (AvgIpc) is 3.38. The second-order valence-electron chi connectivity index (χ2n) is 8.13. The van der Waals surface area contributed by atoms with Crippen LogP contribution in [0.2, 0.25) is 0 Å². The number of rotatable bonds is 2. The van der Waals surface area contributed by atoms with Crippen molar-refractivity contribution in [2.75, 3.05) is 23.8 Å². The average molecular weight is 357 g/mol. The summed E-state index contributed by atoms with van der Waals surface area (Å²) in [5, 5.41) is 0.520. The number of nitrogen functional groups attached to an aromatic ring is 1. The van der Waals surface area contributed by atoms with Gasteiger partial charge in [0.2, 0.25) is 0 Å². The number of benzene rings is 1. The Hall–Kier alpha value is -2.28. The van der Waals surface area contributed by atoms with E-state index in [2.05, 4.69) is 11.8 Å². The van der Waals surface area contributed by atoms with Crippen molar-refractivity contribution >= 4 is 16.6 Å². The molecule has 2 atom stereocenters. The number of anilines is 1. The number of aryl methyl sites for hydroxylation is 2. The lowest BCUT2D eigenvalue weighted by atomic mass is 9.94. The zero-order chi connectivity index (χ0) is 18.7. The highest BCUT2D eigenvalue weighted by Crippen LogP contribution is 2.39. The minimum absolute atomic E-state index is 0.135. The molecule has 1 saturated heterocycles. The number of fused-ring (bicyclic) bond motifs is 1. The molecule has 0 bridgehead atoms. The van der Waals surface area contributed by atoms with Gasteiger partial charge in [0.1, 0.15) is 0 Å². The van der Waals surface area contributed by atoms with Crippen molar-refractivity contribution in [1.82, 2.24) is 9.24 Å². The van der Waals surface area contributed by atoms with Gasteiger partial charge < -0.3 is 16.5 Å². The summed E-state index contributed by atoms with van der Waals surface area (Å²) in [6.07, 6.45) is 2.91. The molecule has 1 aliphatic carbocycles. The van der Waals surface area contributed by atoms with Gasteiger partial charge in [-0.1, -0.05) is 6.92 Å². The quantitative estimate of drug-likeness (QED) is 0.781. The molecule has 2 fully saturated rings. The Morgan fingerprint density at radius 2 is 1.85 bits per heavy atom. The molecule has 0 amide bonds. The number of hydrogen-bond acceptors (Lipinski definition) is 5. The summed E-state index contributed by atoms with van der Waals surface area (Å²) in [4.78, 5) is 27.6. The van der Waals surface area contributed by atoms with Crippen LogP contribution < -0.4 is 27.7 Å². The molecule has 4 rings (SSSR count). The van der Waals surface area contributed by atoms with E-state index in [4.69, 9.17) is 11.6 Å². The lowest BCUT2D eigenvalue weighted by Gasteiger charge is -2.38. The minimum Gasteiger partial charge on any atom is -0.369 e. The van der Waals surface area contributed by atoms with E-state index in [1.165, 1.54) is 0 Å². The summed E-state index contributed by atoms with van der Waals surface area (Å²) in [7, 11) is 0. The van der Waals surface area contributed by atoms with Gasteiger partial charge in [-0.3, -0.25) is 9.36 Å². The highest BCUT2D eigenvalue weighted by molar-refractivity contribution is 5.88. The van der Waals surface area contributed by atoms with Crippen molar-refractivity contribution in [3.8, 4) is 0 Å². The fourth-order valence-electron chi connectivity index (χ4n) is 4.61. The van der Waals surface area contributed by atoms with Crippen LogP contribution in [0.25, 0.3) is 10.9 Å². The molecule has 0 spiro atoms. The first kappa shape index (κ1) is 17.1. The summed E-state index contributed by atoms with van der Waals surface area (Å²) in [5.74, 6) is 6.29. The first-order valence-corrected chi connectivity index (χ1v) is 9.36. The van der Waals surface area contributed by atoms with Gasteiger partial charge in [0.05, 0.1) is 10.9 Å². The fraction of sp³-hybridized carbons (Fsp3) is 0.579. The maximum atomic E-state index is 12.7. The van der Waals surface area contributed by atoms with Crippen molar-refractivity contribution in [2.24, 2.45) is 11.7 Å². The van der Waals surface area contributed by atoms with Gasteiger partial charge in [-0.2, -0.15) is 4.68 Å². The Balaban J connectivity index is 2.02. The topological polar surface area (TPSA) is 99.3 Å². The number of hydrogen-bond donors (Lipinski definition) is 2. The smallest absolute Gasteiger partial charge is 0.350 e. The van der Waals surface area contributed by atoms with Gasteiger partial charge in [0.15, 0.2) is 0 Å².